The molecule has 8 heteroatoms. The van der Waals surface area contributed by atoms with Crippen LogP contribution in [0.4, 0.5) is 4.39 Å². The Kier molecular flexibility index (Phi) is 5.94. The third-order valence-electron chi connectivity index (χ3n) is 5.13. The van der Waals surface area contributed by atoms with Crippen molar-refractivity contribution in [1.29, 1.82) is 0 Å². The molecule has 1 aromatic rings. The molecular formula is C18H26FN3O3S. The lowest BCUT2D eigenvalue weighted by molar-refractivity contribution is -0.135. The lowest BCUT2D eigenvalue weighted by atomic mass is 9.95. The number of fused-ring (bicyclic) bond motifs is 4. The van der Waals surface area contributed by atoms with Crippen molar-refractivity contribution in [1.82, 2.24) is 14.5 Å². The molecule has 2 bridgehead atoms. The Bertz CT molecular complexity index is 739. The van der Waals surface area contributed by atoms with E-state index < -0.39 is 10.0 Å². The molecule has 144 valence electrons. The SMILES string of the molecule is CS(=O)(=O)NCCC(=O)N1CC2CCC1CN(Cc1ccc(F)cc1)C2. The number of benzene rings is 1. The van der Waals surface area contributed by atoms with Crippen molar-refractivity contribution < 1.29 is 17.6 Å². The van der Waals surface area contributed by atoms with Crippen LogP contribution in [0.2, 0.25) is 0 Å². The monoisotopic (exact) mass is 383 g/mol. The predicted octanol–water partition coefficient (Wildman–Crippen LogP) is 1.19. The van der Waals surface area contributed by atoms with Gasteiger partial charge in [0, 0.05) is 45.2 Å². The van der Waals surface area contributed by atoms with Crippen molar-refractivity contribution in [3.8, 4) is 0 Å². The molecule has 4 rings (SSSR count). The Morgan fingerprint density at radius 1 is 1.19 bits per heavy atom. The molecule has 1 aromatic carbocycles. The van der Waals surface area contributed by atoms with Gasteiger partial charge in [-0.15, -0.1) is 0 Å². The Balaban J connectivity index is 1.58. The van der Waals surface area contributed by atoms with Gasteiger partial charge in [0.15, 0.2) is 0 Å². The largest absolute Gasteiger partial charge is 0.338 e. The minimum Gasteiger partial charge on any atom is -0.338 e. The van der Waals surface area contributed by atoms with Crippen molar-refractivity contribution in [3.05, 3.63) is 35.6 Å². The fourth-order valence-corrected chi connectivity index (χ4v) is 4.42. The molecule has 3 aliphatic rings. The summed E-state index contributed by atoms with van der Waals surface area (Å²) in [6.45, 7) is 3.37. The molecular weight excluding hydrogens is 357 g/mol. The van der Waals surface area contributed by atoms with Crippen LogP contribution in [0.5, 0.6) is 0 Å². The number of rotatable bonds is 6. The Labute approximate surface area is 154 Å². The second-order valence-corrected chi connectivity index (χ2v) is 9.21. The van der Waals surface area contributed by atoms with Crippen molar-refractivity contribution in [2.45, 2.75) is 31.8 Å². The minimum atomic E-state index is -3.27. The summed E-state index contributed by atoms with van der Waals surface area (Å²) in [7, 11) is -3.27. The summed E-state index contributed by atoms with van der Waals surface area (Å²) in [5.74, 6) is 0.213. The van der Waals surface area contributed by atoms with Gasteiger partial charge in [-0.3, -0.25) is 9.69 Å². The third kappa shape index (κ3) is 5.25. The number of carbonyl (C=O) groups is 1. The van der Waals surface area contributed by atoms with E-state index in [1.807, 2.05) is 17.0 Å². The molecule has 0 aliphatic carbocycles. The molecule has 3 saturated heterocycles. The van der Waals surface area contributed by atoms with E-state index in [4.69, 9.17) is 0 Å². The van der Waals surface area contributed by atoms with Gasteiger partial charge in [0.1, 0.15) is 5.82 Å². The first-order valence-corrected chi connectivity index (χ1v) is 10.9. The maximum atomic E-state index is 13.1. The zero-order valence-corrected chi connectivity index (χ0v) is 15.8. The first-order valence-electron chi connectivity index (χ1n) is 9.01. The van der Waals surface area contributed by atoms with Gasteiger partial charge in [0.05, 0.1) is 6.26 Å². The van der Waals surface area contributed by atoms with Gasteiger partial charge >= 0.3 is 0 Å². The smallest absolute Gasteiger partial charge is 0.224 e. The summed E-state index contributed by atoms with van der Waals surface area (Å²) < 4.78 is 37.7. The van der Waals surface area contributed by atoms with Crippen LogP contribution in [0.15, 0.2) is 24.3 Å². The lowest BCUT2D eigenvalue weighted by Crippen LogP contribution is -2.48. The molecule has 0 aromatic heterocycles. The zero-order valence-electron chi connectivity index (χ0n) is 15.0. The number of sulfonamides is 1. The van der Waals surface area contributed by atoms with E-state index in [9.17, 15) is 17.6 Å². The highest BCUT2D eigenvalue weighted by Crippen LogP contribution is 2.29. The van der Waals surface area contributed by atoms with Crippen molar-refractivity contribution in [2.75, 3.05) is 32.4 Å². The number of nitrogens with zero attached hydrogens (tertiary/aromatic N) is 2. The van der Waals surface area contributed by atoms with Gasteiger partial charge in [0.25, 0.3) is 0 Å². The highest BCUT2D eigenvalue weighted by Gasteiger charge is 2.36. The molecule has 0 radical (unpaired) electrons. The molecule has 2 unspecified atom stereocenters. The van der Waals surface area contributed by atoms with E-state index in [1.165, 1.54) is 12.1 Å². The second kappa shape index (κ2) is 8.02. The molecule has 26 heavy (non-hydrogen) atoms. The second-order valence-electron chi connectivity index (χ2n) is 7.38. The van der Waals surface area contributed by atoms with Crippen LogP contribution < -0.4 is 4.72 Å². The molecule has 2 atom stereocenters. The average Bonchev–Trinajstić information content (AvgIpc) is 2.86. The van der Waals surface area contributed by atoms with Gasteiger partial charge in [-0.25, -0.2) is 17.5 Å². The van der Waals surface area contributed by atoms with Crippen LogP contribution in [-0.4, -0.2) is 62.6 Å². The van der Waals surface area contributed by atoms with Gasteiger partial charge in [-0.1, -0.05) is 12.1 Å². The van der Waals surface area contributed by atoms with Crippen LogP contribution in [0.1, 0.15) is 24.8 Å². The summed E-state index contributed by atoms with van der Waals surface area (Å²) in [6, 6.07) is 6.74. The Hall–Kier alpha value is -1.51. The molecule has 3 heterocycles. The fourth-order valence-electron chi connectivity index (χ4n) is 3.95. The molecule has 1 N–H and O–H groups in total. The molecule has 0 spiro atoms. The summed E-state index contributed by atoms with van der Waals surface area (Å²) in [4.78, 5) is 16.8. The lowest BCUT2D eigenvalue weighted by Gasteiger charge is -2.36. The number of halogens is 1. The molecule has 0 saturated carbocycles. The summed E-state index contributed by atoms with van der Waals surface area (Å²) in [5.41, 5.74) is 1.07. The average molecular weight is 383 g/mol. The van der Waals surface area contributed by atoms with E-state index in [0.29, 0.717) is 5.92 Å². The Morgan fingerprint density at radius 2 is 1.92 bits per heavy atom. The first-order chi connectivity index (χ1) is 12.3. The number of hydrogen-bond acceptors (Lipinski definition) is 4. The highest BCUT2D eigenvalue weighted by molar-refractivity contribution is 7.88. The quantitative estimate of drug-likeness (QED) is 0.801. The van der Waals surface area contributed by atoms with E-state index in [0.717, 1.165) is 50.8 Å². The topological polar surface area (TPSA) is 69.7 Å². The van der Waals surface area contributed by atoms with Crippen LogP contribution in [0.3, 0.4) is 0 Å². The van der Waals surface area contributed by atoms with Crippen LogP contribution in [0.25, 0.3) is 0 Å². The summed E-state index contributed by atoms with van der Waals surface area (Å²) in [6.07, 6.45) is 3.37. The van der Waals surface area contributed by atoms with E-state index in [2.05, 4.69) is 9.62 Å². The minimum absolute atomic E-state index is 0.0134. The van der Waals surface area contributed by atoms with E-state index >= 15 is 0 Å². The number of amides is 1. The maximum absolute atomic E-state index is 13.1. The Morgan fingerprint density at radius 3 is 2.62 bits per heavy atom. The highest BCUT2D eigenvalue weighted by atomic mass is 32.2. The number of carbonyl (C=O) groups excluding carboxylic acids is 1. The van der Waals surface area contributed by atoms with Crippen molar-refractivity contribution in [2.24, 2.45) is 5.92 Å². The number of piperidine rings is 1. The van der Waals surface area contributed by atoms with E-state index in [-0.39, 0.29) is 30.7 Å². The normalized spacial score (nSPS) is 23.8. The van der Waals surface area contributed by atoms with Gasteiger partial charge in [0.2, 0.25) is 15.9 Å². The van der Waals surface area contributed by atoms with Crippen LogP contribution >= 0.6 is 0 Å². The van der Waals surface area contributed by atoms with Gasteiger partial charge in [-0.2, -0.15) is 0 Å². The third-order valence-corrected chi connectivity index (χ3v) is 5.86. The summed E-state index contributed by atoms with van der Waals surface area (Å²) in [5, 5.41) is 0. The maximum Gasteiger partial charge on any atom is 0.224 e. The summed E-state index contributed by atoms with van der Waals surface area (Å²) >= 11 is 0. The first kappa shape index (κ1) is 19.3. The standard InChI is InChI=1S/C18H26FN3O3S/c1-26(24,25)20-9-8-18(23)22-12-15-4-7-17(22)13-21(11-15)10-14-2-5-16(19)6-3-14/h2-3,5-6,15,17,20H,4,7-13H2,1H3. The van der Waals surface area contributed by atoms with Gasteiger partial charge in [-0.05, 0) is 36.5 Å². The predicted molar refractivity (Wildman–Crippen MR) is 97.4 cm³/mol. The van der Waals surface area contributed by atoms with Crippen LogP contribution in [0, 0.1) is 11.7 Å². The zero-order chi connectivity index (χ0) is 18.7. The van der Waals surface area contributed by atoms with E-state index in [1.54, 1.807) is 0 Å². The van der Waals surface area contributed by atoms with Crippen molar-refractivity contribution in [3.63, 3.8) is 0 Å². The number of nitrogens with one attached hydrogen (secondary N) is 1. The molecule has 3 aliphatic heterocycles. The molecule has 3 fully saturated rings. The van der Waals surface area contributed by atoms with Crippen molar-refractivity contribution >= 4 is 15.9 Å². The molecule has 6 nitrogen and oxygen atoms in total. The number of hydrogen-bond donors (Lipinski definition) is 1. The fraction of sp³-hybridized carbons (Fsp3) is 0.611. The van der Waals surface area contributed by atoms with Crippen LogP contribution in [-0.2, 0) is 21.4 Å². The van der Waals surface area contributed by atoms with Gasteiger partial charge < -0.3 is 4.90 Å². The molecule has 1 amide bonds.